The Balaban J connectivity index is 1.97. The van der Waals surface area contributed by atoms with Crippen molar-refractivity contribution in [3.8, 4) is 0 Å². The molecule has 0 N–H and O–H groups in total. The summed E-state index contributed by atoms with van der Waals surface area (Å²) in [7, 11) is 2.29. The highest BCUT2D eigenvalue weighted by molar-refractivity contribution is 7.99. The standard InChI is InChI=1S/C15H16BS/c1-2-17-15-10-6-9-14(11-15)16-12-13-7-4-3-5-8-13/h3-11H,2,12H2,1H3. The van der Waals surface area contributed by atoms with Crippen LogP contribution in [-0.4, -0.2) is 13.0 Å². The van der Waals surface area contributed by atoms with E-state index in [1.165, 1.54) is 15.9 Å². The highest BCUT2D eigenvalue weighted by Gasteiger charge is 1.99. The molecule has 0 spiro atoms. The number of thioether (sulfide) groups is 1. The van der Waals surface area contributed by atoms with Gasteiger partial charge in [-0.1, -0.05) is 66.5 Å². The largest absolute Gasteiger partial charge is 0.156 e. The van der Waals surface area contributed by atoms with E-state index in [9.17, 15) is 0 Å². The van der Waals surface area contributed by atoms with Crippen molar-refractivity contribution in [2.75, 3.05) is 5.75 Å². The zero-order valence-electron chi connectivity index (χ0n) is 10.1. The lowest BCUT2D eigenvalue weighted by molar-refractivity contribution is 1.38. The third kappa shape index (κ3) is 3.97. The monoisotopic (exact) mass is 239 g/mol. The van der Waals surface area contributed by atoms with Gasteiger partial charge in [-0.25, -0.2) is 0 Å². The fraction of sp³-hybridized carbons (Fsp3) is 0.200. The first-order valence-electron chi connectivity index (χ1n) is 5.98. The Hall–Kier alpha value is -1.15. The highest BCUT2D eigenvalue weighted by atomic mass is 32.2. The lowest BCUT2D eigenvalue weighted by Gasteiger charge is -2.03. The number of hydrogen-bond donors (Lipinski definition) is 0. The van der Waals surface area contributed by atoms with Gasteiger partial charge in [-0.05, 0) is 18.1 Å². The number of hydrogen-bond acceptors (Lipinski definition) is 1. The van der Waals surface area contributed by atoms with Crippen molar-refractivity contribution in [2.24, 2.45) is 0 Å². The van der Waals surface area contributed by atoms with E-state index in [0.29, 0.717) is 0 Å². The van der Waals surface area contributed by atoms with Crippen LogP contribution in [0.4, 0.5) is 0 Å². The minimum atomic E-state index is 1.00. The summed E-state index contributed by atoms with van der Waals surface area (Å²) in [6.45, 7) is 2.19. The van der Waals surface area contributed by atoms with Gasteiger partial charge in [0.15, 0.2) is 7.28 Å². The maximum atomic E-state index is 2.29. The molecule has 0 saturated heterocycles. The number of rotatable bonds is 5. The van der Waals surface area contributed by atoms with Gasteiger partial charge in [-0.2, -0.15) is 0 Å². The van der Waals surface area contributed by atoms with Gasteiger partial charge in [-0.3, -0.25) is 0 Å². The Morgan fingerprint density at radius 1 is 1.00 bits per heavy atom. The highest BCUT2D eigenvalue weighted by Crippen LogP contribution is 2.14. The van der Waals surface area contributed by atoms with E-state index in [1.807, 2.05) is 11.8 Å². The molecule has 0 heterocycles. The predicted octanol–water partition coefficient (Wildman–Crippen LogP) is 3.33. The maximum Gasteiger partial charge on any atom is 0.156 e. The Kier molecular flexibility index (Phi) is 4.75. The zero-order chi connectivity index (χ0) is 11.9. The molecule has 0 nitrogen and oxygen atoms in total. The fourth-order valence-corrected chi connectivity index (χ4v) is 2.48. The van der Waals surface area contributed by atoms with Crippen LogP contribution in [0.2, 0.25) is 0 Å². The second-order valence-electron chi connectivity index (χ2n) is 3.90. The Morgan fingerprint density at radius 3 is 2.59 bits per heavy atom. The Bertz CT molecular complexity index is 453. The second kappa shape index (κ2) is 6.56. The molecule has 2 heteroatoms. The van der Waals surface area contributed by atoms with Crippen molar-refractivity contribution in [1.29, 1.82) is 0 Å². The van der Waals surface area contributed by atoms with Gasteiger partial charge >= 0.3 is 0 Å². The molecular weight excluding hydrogens is 223 g/mol. The van der Waals surface area contributed by atoms with E-state index in [4.69, 9.17) is 0 Å². The molecule has 0 bridgehead atoms. The van der Waals surface area contributed by atoms with Crippen molar-refractivity contribution in [2.45, 2.75) is 18.1 Å². The first-order chi connectivity index (χ1) is 8.38. The molecule has 2 aromatic rings. The van der Waals surface area contributed by atoms with Gasteiger partial charge in [0.05, 0.1) is 0 Å². The maximum absolute atomic E-state index is 2.29. The Labute approximate surface area is 109 Å². The normalized spacial score (nSPS) is 10.2. The molecule has 17 heavy (non-hydrogen) atoms. The Morgan fingerprint density at radius 2 is 1.82 bits per heavy atom. The zero-order valence-corrected chi connectivity index (χ0v) is 10.9. The summed E-state index contributed by atoms with van der Waals surface area (Å²) in [6.07, 6.45) is 1.00. The van der Waals surface area contributed by atoms with Gasteiger partial charge in [0, 0.05) is 4.90 Å². The first-order valence-corrected chi connectivity index (χ1v) is 6.97. The minimum Gasteiger partial charge on any atom is -0.126 e. The molecule has 0 amide bonds. The van der Waals surface area contributed by atoms with Crippen LogP contribution in [0.3, 0.4) is 0 Å². The molecule has 0 aliphatic rings. The molecule has 85 valence electrons. The van der Waals surface area contributed by atoms with Gasteiger partial charge in [-0.15, -0.1) is 11.8 Å². The van der Waals surface area contributed by atoms with Crippen LogP contribution in [0.25, 0.3) is 0 Å². The summed E-state index contributed by atoms with van der Waals surface area (Å²) in [5.74, 6) is 1.13. The average Bonchev–Trinajstić information content (AvgIpc) is 2.39. The third-order valence-corrected chi connectivity index (χ3v) is 3.46. The van der Waals surface area contributed by atoms with Crippen LogP contribution in [0, 0.1) is 0 Å². The molecule has 0 saturated carbocycles. The molecule has 0 fully saturated rings. The van der Waals surface area contributed by atoms with Crippen molar-refractivity contribution in [3.63, 3.8) is 0 Å². The third-order valence-electron chi connectivity index (χ3n) is 2.59. The van der Waals surface area contributed by atoms with Gasteiger partial charge in [0.25, 0.3) is 0 Å². The fourth-order valence-electron chi connectivity index (χ4n) is 1.75. The van der Waals surface area contributed by atoms with E-state index in [-0.39, 0.29) is 0 Å². The van der Waals surface area contributed by atoms with Gasteiger partial charge in [0.2, 0.25) is 0 Å². The van der Waals surface area contributed by atoms with Crippen molar-refractivity contribution in [3.05, 3.63) is 60.2 Å². The smallest absolute Gasteiger partial charge is 0.126 e. The van der Waals surface area contributed by atoms with Crippen molar-refractivity contribution < 1.29 is 0 Å². The summed E-state index contributed by atoms with van der Waals surface area (Å²) < 4.78 is 0. The summed E-state index contributed by atoms with van der Waals surface area (Å²) in [4.78, 5) is 1.36. The lowest BCUT2D eigenvalue weighted by atomic mass is 9.65. The average molecular weight is 239 g/mol. The van der Waals surface area contributed by atoms with E-state index in [0.717, 1.165) is 12.1 Å². The van der Waals surface area contributed by atoms with E-state index >= 15 is 0 Å². The summed E-state index contributed by atoms with van der Waals surface area (Å²) in [6, 6.07) is 19.3. The molecule has 0 aliphatic heterocycles. The molecular formula is C15H16BS. The van der Waals surface area contributed by atoms with E-state index in [2.05, 4.69) is 68.8 Å². The topological polar surface area (TPSA) is 0 Å². The summed E-state index contributed by atoms with van der Waals surface area (Å²) >= 11 is 1.89. The SMILES string of the molecule is CCSc1cccc([B]Cc2ccccc2)c1. The minimum absolute atomic E-state index is 1.00. The van der Waals surface area contributed by atoms with Crippen LogP contribution in [0.1, 0.15) is 12.5 Å². The molecule has 2 rings (SSSR count). The second-order valence-corrected chi connectivity index (χ2v) is 5.24. The molecule has 1 radical (unpaired) electrons. The quantitative estimate of drug-likeness (QED) is 0.569. The van der Waals surface area contributed by atoms with Crippen LogP contribution < -0.4 is 5.46 Å². The molecule has 0 unspecified atom stereocenters. The van der Waals surface area contributed by atoms with Crippen LogP contribution >= 0.6 is 11.8 Å². The molecule has 0 aliphatic carbocycles. The van der Waals surface area contributed by atoms with Crippen LogP contribution in [0.15, 0.2) is 59.5 Å². The molecule has 0 atom stereocenters. The molecule has 0 aromatic heterocycles. The van der Waals surface area contributed by atoms with Crippen LogP contribution in [0.5, 0.6) is 0 Å². The first kappa shape index (κ1) is 12.3. The molecule has 2 aromatic carbocycles. The van der Waals surface area contributed by atoms with E-state index < -0.39 is 0 Å². The van der Waals surface area contributed by atoms with Crippen LogP contribution in [-0.2, 0) is 6.32 Å². The lowest BCUT2D eigenvalue weighted by Crippen LogP contribution is -2.16. The summed E-state index contributed by atoms with van der Waals surface area (Å²) in [5.41, 5.74) is 2.67. The van der Waals surface area contributed by atoms with Gasteiger partial charge in [0.1, 0.15) is 0 Å². The van der Waals surface area contributed by atoms with Gasteiger partial charge < -0.3 is 0 Å². The predicted molar refractivity (Wildman–Crippen MR) is 78.4 cm³/mol. The van der Waals surface area contributed by atoms with Crippen molar-refractivity contribution >= 4 is 24.5 Å². The van der Waals surface area contributed by atoms with E-state index in [1.54, 1.807) is 0 Å². The number of benzene rings is 2. The van der Waals surface area contributed by atoms with Crippen molar-refractivity contribution in [1.82, 2.24) is 0 Å². The summed E-state index contributed by atoms with van der Waals surface area (Å²) in [5, 5.41) is 0.